The number of nitrogens with zero attached hydrogens (tertiary/aromatic N) is 3. The van der Waals surface area contributed by atoms with Crippen molar-refractivity contribution in [2.45, 2.75) is 56.3 Å². The maximum absolute atomic E-state index is 13.7. The number of aliphatic hydroxyl groups excluding tert-OH is 1. The lowest BCUT2D eigenvalue weighted by Crippen LogP contribution is -2.47. The summed E-state index contributed by atoms with van der Waals surface area (Å²) in [5.74, 6) is -1.14. The maximum atomic E-state index is 13.7. The smallest absolute Gasteiger partial charge is 0.392 e. The fourth-order valence-corrected chi connectivity index (χ4v) is 5.31. The molecule has 0 unspecified atom stereocenters. The van der Waals surface area contributed by atoms with E-state index in [2.05, 4.69) is 16.3 Å². The molecule has 1 saturated carbocycles. The molecule has 0 bridgehead atoms. The van der Waals surface area contributed by atoms with Gasteiger partial charge in [0.25, 0.3) is 0 Å². The number of halogens is 4. The predicted octanol–water partition coefficient (Wildman–Crippen LogP) is 5.34. The van der Waals surface area contributed by atoms with Crippen molar-refractivity contribution in [3.8, 4) is 6.07 Å². The van der Waals surface area contributed by atoms with Crippen LogP contribution in [0.1, 0.15) is 54.7 Å². The van der Waals surface area contributed by atoms with Crippen LogP contribution in [0.25, 0.3) is 0 Å². The summed E-state index contributed by atoms with van der Waals surface area (Å²) < 4.78 is 53.2. The Morgan fingerprint density at radius 3 is 2.54 bits per heavy atom. The maximum Gasteiger partial charge on any atom is 0.419 e. The zero-order valence-electron chi connectivity index (χ0n) is 20.3. The molecule has 2 amide bonds. The number of carbonyl (C=O) groups excluding carboxylic acids is 1. The number of alkyl halides is 3. The summed E-state index contributed by atoms with van der Waals surface area (Å²) >= 11 is 0. The van der Waals surface area contributed by atoms with Gasteiger partial charge in [-0.25, -0.2) is 9.18 Å². The minimum absolute atomic E-state index is 0.120. The van der Waals surface area contributed by atoms with Crippen molar-refractivity contribution in [3.63, 3.8) is 0 Å². The molecule has 2 aromatic rings. The Kier molecular flexibility index (Phi) is 8.35. The number of benzene rings is 2. The van der Waals surface area contributed by atoms with Crippen LogP contribution in [0.3, 0.4) is 0 Å². The number of hydrogen-bond acceptors (Lipinski definition) is 4. The average molecular weight is 519 g/mol. The van der Waals surface area contributed by atoms with Gasteiger partial charge in [0, 0.05) is 37.9 Å². The quantitative estimate of drug-likeness (QED) is 0.506. The van der Waals surface area contributed by atoms with Crippen molar-refractivity contribution in [2.75, 3.05) is 31.5 Å². The Bertz CT molecular complexity index is 1140. The van der Waals surface area contributed by atoms with Crippen LogP contribution in [0.5, 0.6) is 0 Å². The lowest BCUT2D eigenvalue weighted by atomic mass is 9.81. The summed E-state index contributed by atoms with van der Waals surface area (Å²) in [5, 5.41) is 21.6. The van der Waals surface area contributed by atoms with Crippen LogP contribution >= 0.6 is 0 Å². The van der Waals surface area contributed by atoms with E-state index in [1.807, 2.05) is 18.2 Å². The van der Waals surface area contributed by atoms with Crippen LogP contribution in [0.4, 0.5) is 28.0 Å². The van der Waals surface area contributed by atoms with Gasteiger partial charge in [-0.05, 0) is 73.9 Å². The Balaban J connectivity index is 1.46. The number of amides is 2. The summed E-state index contributed by atoms with van der Waals surface area (Å²) in [7, 11) is 0. The number of rotatable bonds is 6. The minimum Gasteiger partial charge on any atom is -0.392 e. The van der Waals surface area contributed by atoms with Crippen LogP contribution in [-0.2, 0) is 6.18 Å². The SMILES string of the molecule is N#Cc1cccc(C2CCC(N(CCN3CC[C@@H](O)C3)C(=O)Nc3ccc(F)c(C(F)(F)F)c3)CC2)c1. The molecule has 0 spiro atoms. The van der Waals surface area contributed by atoms with Crippen molar-refractivity contribution in [2.24, 2.45) is 0 Å². The molecule has 10 heteroatoms. The molecule has 1 aliphatic carbocycles. The molecule has 0 radical (unpaired) electrons. The third-order valence-corrected chi connectivity index (χ3v) is 7.31. The average Bonchev–Trinajstić information content (AvgIpc) is 3.30. The van der Waals surface area contributed by atoms with Gasteiger partial charge in [0.1, 0.15) is 5.82 Å². The molecule has 1 saturated heterocycles. The molecule has 2 N–H and O–H groups in total. The van der Waals surface area contributed by atoms with Crippen LogP contribution in [0, 0.1) is 17.1 Å². The van der Waals surface area contributed by atoms with Gasteiger partial charge < -0.3 is 15.3 Å². The number of nitrogens with one attached hydrogen (secondary N) is 1. The Morgan fingerprint density at radius 2 is 1.89 bits per heavy atom. The number of β-amino-alcohol motifs (C(OH)–C–C–N with tert-alkyl or cyclic N) is 1. The molecule has 2 aliphatic rings. The van der Waals surface area contributed by atoms with Gasteiger partial charge in [-0.2, -0.15) is 18.4 Å². The summed E-state index contributed by atoms with van der Waals surface area (Å²) in [6.07, 6.45) is -1.59. The second-order valence-corrected chi connectivity index (χ2v) is 9.80. The molecule has 1 atom stereocenters. The number of likely N-dealkylation sites (tertiary alicyclic amines) is 1. The van der Waals surface area contributed by atoms with E-state index in [-0.39, 0.29) is 17.6 Å². The first-order chi connectivity index (χ1) is 17.6. The number of hydrogen-bond donors (Lipinski definition) is 2. The lowest BCUT2D eigenvalue weighted by molar-refractivity contribution is -0.139. The first-order valence-corrected chi connectivity index (χ1v) is 12.5. The van der Waals surface area contributed by atoms with Crippen LogP contribution in [0.15, 0.2) is 42.5 Å². The summed E-state index contributed by atoms with van der Waals surface area (Å²) in [6.45, 7) is 2.12. The summed E-state index contributed by atoms with van der Waals surface area (Å²) in [4.78, 5) is 17.0. The second kappa shape index (κ2) is 11.5. The highest BCUT2D eigenvalue weighted by Gasteiger charge is 2.35. The highest BCUT2D eigenvalue weighted by atomic mass is 19.4. The Hall–Kier alpha value is -3.16. The first kappa shape index (κ1) is 26.9. The first-order valence-electron chi connectivity index (χ1n) is 12.5. The zero-order valence-corrected chi connectivity index (χ0v) is 20.3. The molecular formula is C27H30F4N4O2. The summed E-state index contributed by atoms with van der Waals surface area (Å²) in [6, 6.07) is 11.5. The highest BCUT2D eigenvalue weighted by molar-refractivity contribution is 5.89. The van der Waals surface area contributed by atoms with Gasteiger partial charge in [-0.15, -0.1) is 0 Å². The van der Waals surface area contributed by atoms with Crippen molar-refractivity contribution >= 4 is 11.7 Å². The molecule has 37 heavy (non-hydrogen) atoms. The number of anilines is 1. The van der Waals surface area contributed by atoms with E-state index in [0.29, 0.717) is 63.1 Å². The van der Waals surface area contributed by atoms with Crippen LogP contribution in [0.2, 0.25) is 0 Å². The molecule has 0 aromatic heterocycles. The van der Waals surface area contributed by atoms with Gasteiger partial charge in [-0.3, -0.25) is 4.90 Å². The monoisotopic (exact) mass is 518 g/mol. The molecule has 198 valence electrons. The van der Waals surface area contributed by atoms with Crippen molar-refractivity contribution < 1.29 is 27.5 Å². The standard InChI is InChI=1S/C27H30F4N4O2/c28-25-9-6-21(15-24(25)27(29,30)31)33-26(37)35(13-12-34-11-10-23(36)17-34)22-7-4-19(5-8-22)20-3-1-2-18(14-20)16-32/h1-3,6,9,14-15,19,22-23,36H,4-5,7-8,10-13,17H2,(H,33,37)/t19?,22?,23-/m1/s1. The number of carbonyl (C=O) groups is 1. The Labute approximate surface area is 213 Å². The number of nitriles is 1. The molecule has 2 fully saturated rings. The van der Waals surface area contributed by atoms with Gasteiger partial charge in [0.2, 0.25) is 0 Å². The van der Waals surface area contributed by atoms with E-state index < -0.39 is 29.7 Å². The normalized spacial score (nSPS) is 22.4. The predicted molar refractivity (Wildman–Crippen MR) is 130 cm³/mol. The topological polar surface area (TPSA) is 79.6 Å². The zero-order chi connectivity index (χ0) is 26.6. The van der Waals surface area contributed by atoms with Gasteiger partial charge in [0.05, 0.1) is 23.3 Å². The van der Waals surface area contributed by atoms with Crippen molar-refractivity contribution in [1.82, 2.24) is 9.80 Å². The highest BCUT2D eigenvalue weighted by Crippen LogP contribution is 2.36. The van der Waals surface area contributed by atoms with Crippen molar-refractivity contribution in [3.05, 3.63) is 65.0 Å². The minimum atomic E-state index is -4.87. The fraction of sp³-hybridized carbons (Fsp3) is 0.481. The summed E-state index contributed by atoms with van der Waals surface area (Å²) in [5.41, 5.74) is 0.141. The molecular weight excluding hydrogens is 488 g/mol. The molecule has 1 aliphatic heterocycles. The molecule has 1 heterocycles. The van der Waals surface area contributed by atoms with Gasteiger partial charge in [-0.1, -0.05) is 12.1 Å². The van der Waals surface area contributed by atoms with Crippen LogP contribution in [-0.4, -0.2) is 59.3 Å². The Morgan fingerprint density at radius 1 is 1.14 bits per heavy atom. The largest absolute Gasteiger partial charge is 0.419 e. The number of aliphatic hydroxyl groups is 1. The second-order valence-electron chi connectivity index (χ2n) is 9.80. The third kappa shape index (κ3) is 6.79. The van der Waals surface area contributed by atoms with E-state index in [4.69, 9.17) is 0 Å². The van der Waals surface area contributed by atoms with E-state index in [1.165, 1.54) is 0 Å². The third-order valence-electron chi connectivity index (χ3n) is 7.31. The van der Waals surface area contributed by atoms with Crippen LogP contribution < -0.4 is 5.32 Å². The molecule has 6 nitrogen and oxygen atoms in total. The van der Waals surface area contributed by atoms with Gasteiger partial charge >= 0.3 is 12.2 Å². The number of urea groups is 1. The van der Waals surface area contributed by atoms with E-state index in [9.17, 15) is 32.7 Å². The fourth-order valence-electron chi connectivity index (χ4n) is 5.31. The van der Waals surface area contributed by atoms with Gasteiger partial charge in [0.15, 0.2) is 0 Å². The van der Waals surface area contributed by atoms with E-state index >= 15 is 0 Å². The van der Waals surface area contributed by atoms with Crippen molar-refractivity contribution in [1.29, 1.82) is 5.26 Å². The van der Waals surface area contributed by atoms with E-state index in [1.54, 1.807) is 11.0 Å². The lowest BCUT2D eigenvalue weighted by Gasteiger charge is -2.38. The van der Waals surface area contributed by atoms with E-state index in [0.717, 1.165) is 24.5 Å². The molecule has 4 rings (SSSR count). The molecule has 2 aromatic carbocycles.